The number of halogens is 13. The van der Waals surface area contributed by atoms with Crippen LogP contribution < -0.4 is 27.0 Å². The Kier molecular flexibility index (Phi) is 21.3. The van der Waals surface area contributed by atoms with Crippen LogP contribution in [0.4, 0.5) is 105 Å². The lowest BCUT2D eigenvalue weighted by molar-refractivity contribution is -0.137. The third-order valence-corrected chi connectivity index (χ3v) is 20.4. The van der Waals surface area contributed by atoms with E-state index >= 15 is 0 Å². The van der Waals surface area contributed by atoms with Crippen LogP contribution in [0.1, 0.15) is 16.7 Å². The van der Waals surface area contributed by atoms with Gasteiger partial charge in [-0.25, -0.2) is 53.0 Å². The van der Waals surface area contributed by atoms with Gasteiger partial charge in [0.25, 0.3) is 0 Å². The molecule has 10 N–H and O–H groups in total. The smallest absolute Gasteiger partial charge is 0.399 e. The molecule has 35 heteroatoms. The van der Waals surface area contributed by atoms with Gasteiger partial charge in [0.15, 0.2) is 52.4 Å². The second kappa shape index (κ2) is 33.2. The van der Waals surface area contributed by atoms with Crippen LogP contribution in [0, 0.1) is 17.5 Å². The maximum absolute atomic E-state index is 14.0. The zero-order chi connectivity index (χ0) is 87.1. The van der Waals surface area contributed by atoms with Crippen molar-refractivity contribution in [3.8, 4) is 51.2 Å². The minimum Gasteiger partial charge on any atom is -0.399 e. The minimum atomic E-state index is -4.60. The van der Waals surface area contributed by atoms with Crippen molar-refractivity contribution in [3.05, 3.63) is 325 Å². The lowest BCUT2D eigenvalue weighted by Crippen LogP contribution is -2.09. The number of nitrogens with one attached hydrogen (secondary N) is 8. The van der Waals surface area contributed by atoms with Crippen LogP contribution in [0.2, 0.25) is 5.02 Å². The number of hydrogen-bond acceptors (Lipinski definition) is 17. The highest BCUT2D eigenvalue weighted by Crippen LogP contribution is 2.44. The van der Waals surface area contributed by atoms with Crippen LogP contribution >= 0.6 is 11.6 Å². The average Bonchev–Trinajstić information content (AvgIpc) is 1.33. The Balaban J connectivity index is 0.000000114. The summed E-state index contributed by atoms with van der Waals surface area (Å²) in [6.45, 7) is 0. The molecule has 0 radical (unpaired) electrons. The average molecular weight is 1720 g/mol. The normalized spacial score (nSPS) is 11.7. The molecule has 126 heavy (non-hydrogen) atoms. The van der Waals surface area contributed by atoms with E-state index in [2.05, 4.69) is 102 Å². The van der Waals surface area contributed by atoms with Crippen molar-refractivity contribution in [3.63, 3.8) is 0 Å². The highest BCUT2D eigenvalue weighted by atomic mass is 35.5. The summed E-state index contributed by atoms with van der Waals surface area (Å²) in [6, 6.07) is 73.1. The molecule has 21 rings (SSSR count). The van der Waals surface area contributed by atoms with Crippen molar-refractivity contribution in [1.29, 1.82) is 0 Å². The Labute approximate surface area is 706 Å². The fourth-order valence-corrected chi connectivity index (χ4v) is 14.5. The molecule has 0 fully saturated rings. The molecular formula is C91H57ClF12N22. The van der Waals surface area contributed by atoms with Crippen LogP contribution in [-0.2, 0) is 18.5 Å². The molecule has 0 unspecified atom stereocenters. The van der Waals surface area contributed by atoms with Gasteiger partial charge in [0.1, 0.15) is 45.9 Å². The van der Waals surface area contributed by atoms with E-state index in [9.17, 15) is 52.7 Å². The second-order valence-corrected chi connectivity index (χ2v) is 28.5. The van der Waals surface area contributed by atoms with Gasteiger partial charge >= 0.3 is 18.5 Å². The largest absolute Gasteiger partial charge is 0.417 e. The maximum atomic E-state index is 14.0. The molecule has 12 aromatic carbocycles. The van der Waals surface area contributed by atoms with Gasteiger partial charge in [-0.1, -0.05) is 139 Å². The monoisotopic (exact) mass is 1720 g/mol. The first kappa shape index (κ1) is 80.7. The van der Waals surface area contributed by atoms with E-state index in [-0.39, 0.29) is 62.5 Å². The van der Waals surface area contributed by atoms with Gasteiger partial charge in [0, 0.05) is 78.7 Å². The number of anilines is 9. The predicted octanol–water partition coefficient (Wildman–Crippen LogP) is 24.2. The van der Waals surface area contributed by atoms with E-state index in [1.165, 1.54) is 54.6 Å². The number of rotatable bonds is 13. The first-order valence-electron chi connectivity index (χ1n) is 38.1. The van der Waals surface area contributed by atoms with Crippen molar-refractivity contribution < 1.29 is 52.7 Å². The van der Waals surface area contributed by atoms with Crippen LogP contribution in [0.15, 0.2) is 285 Å². The van der Waals surface area contributed by atoms with E-state index < -0.39 is 46.9 Å². The molecule has 0 amide bonds. The molecular weight excluding hydrogens is 1660 g/mol. The summed E-state index contributed by atoms with van der Waals surface area (Å²) in [5.74, 6) is 1.23. The van der Waals surface area contributed by atoms with Crippen LogP contribution in [-0.4, -0.2) is 85.2 Å². The number of hydrogen-bond donors (Lipinski definition) is 9. The second-order valence-electron chi connectivity index (χ2n) is 28.1. The Morgan fingerprint density at radius 2 is 0.675 bits per heavy atom. The summed E-state index contributed by atoms with van der Waals surface area (Å²) >= 11 is 6.34. The number of nitrogens with zero attached hydrogens (tertiary/aromatic N) is 13. The van der Waals surface area contributed by atoms with Crippen LogP contribution in [0.3, 0.4) is 0 Å². The van der Waals surface area contributed by atoms with Crippen molar-refractivity contribution in [1.82, 2.24) is 85.2 Å². The molecule has 622 valence electrons. The van der Waals surface area contributed by atoms with Gasteiger partial charge in [0.05, 0.1) is 71.3 Å². The number of fused-ring (bicyclic) bond motifs is 8. The van der Waals surface area contributed by atoms with E-state index in [1.807, 2.05) is 102 Å². The zero-order valence-electron chi connectivity index (χ0n) is 64.4. The Bertz CT molecular complexity index is 7700. The van der Waals surface area contributed by atoms with E-state index in [0.717, 1.165) is 74.3 Å². The number of para-hydroxylation sites is 5. The molecule has 0 aliphatic carbocycles. The highest BCUT2D eigenvalue weighted by Gasteiger charge is 2.37. The predicted molar refractivity (Wildman–Crippen MR) is 461 cm³/mol. The first-order valence-corrected chi connectivity index (χ1v) is 38.5. The molecule has 0 atom stereocenters. The Morgan fingerprint density at radius 1 is 0.302 bits per heavy atom. The fourth-order valence-electron chi connectivity index (χ4n) is 14.3. The van der Waals surface area contributed by atoms with Crippen molar-refractivity contribution in [2.45, 2.75) is 18.5 Å². The number of H-pyrrole nitrogens is 4. The van der Waals surface area contributed by atoms with Gasteiger partial charge in [-0.2, -0.15) is 59.9 Å². The molecule has 0 aliphatic rings. The summed E-state index contributed by atoms with van der Waals surface area (Å²) in [5.41, 5.74) is 9.29. The number of benzene rings is 12. The van der Waals surface area contributed by atoms with Gasteiger partial charge in [-0.05, 0) is 140 Å². The quantitative estimate of drug-likeness (QED) is 0.0383. The van der Waals surface area contributed by atoms with Gasteiger partial charge in [-0.3, -0.25) is 20.4 Å². The van der Waals surface area contributed by atoms with Crippen molar-refractivity contribution in [2.24, 2.45) is 0 Å². The minimum absolute atomic E-state index is 0.0186. The van der Waals surface area contributed by atoms with Gasteiger partial charge < -0.3 is 31.6 Å². The summed E-state index contributed by atoms with van der Waals surface area (Å²) in [5, 5.41) is 46.0. The Morgan fingerprint density at radius 3 is 1.15 bits per heavy atom. The molecule has 9 aromatic heterocycles. The van der Waals surface area contributed by atoms with Crippen LogP contribution in [0.5, 0.6) is 0 Å². The van der Waals surface area contributed by atoms with Crippen molar-refractivity contribution in [2.75, 3.05) is 27.0 Å². The first-order chi connectivity index (χ1) is 60.9. The maximum Gasteiger partial charge on any atom is 0.417 e. The molecule has 0 saturated carbocycles. The third-order valence-electron chi connectivity index (χ3n) is 20.1. The van der Waals surface area contributed by atoms with Crippen molar-refractivity contribution >= 4 is 151 Å². The summed E-state index contributed by atoms with van der Waals surface area (Å²) in [7, 11) is 0. The molecule has 0 bridgehead atoms. The molecule has 0 saturated heterocycles. The third kappa shape index (κ3) is 16.3. The number of nitrogen functional groups attached to an aromatic ring is 1. The SMILES string of the molecule is FC(F)(F)c1ccccc1-c1nc(Nc2n[nH]c3cccc(-n4cccc4)c23)c2ccccc2n1.Fc1cc(F)c2[nH]nc(Nc3nc(-c4ccccc4C(F)(F)F)nc4ccccc34)c2c1.Fc1cccc2c(Nc3nc(-c4ccccc4Cl)nc4ccccc34)n[nH]c12.Nc1ccc2[nH]nc(Nc3nc(-c4ccccc4C(F)(F)F)nc4ccccc34)c2c1. The molecule has 0 aliphatic heterocycles. The zero-order valence-corrected chi connectivity index (χ0v) is 65.2. The number of aromatic nitrogens is 17. The van der Waals surface area contributed by atoms with E-state index in [4.69, 9.17) is 17.3 Å². The standard InChI is InChI=1S/C26H17F3N6.C22H12F5N5.C22H15F3N6.C21H13ClFN5/c27-26(28,29)18-10-3-1-8-16(18)23-30-19-11-4-2-9-17(19)24(31-23)32-25-22-20(33-34-25)12-7-13-21(22)35-14-5-6-15-35;23-11-9-14-18(16(24)10-11)31-32-21(14)30-20-13-6-2-4-8-17(13)28-19(29-20)12-5-1-3-7-15(12)22(25,26)27;23-22(24,25)16-7-3-1-5-13(16)19-27-17-8-4-2-6-14(17)20(28-19)29-21-15-11-12(26)9-10-18(15)30-31-21;22-15-9-3-1-6-12(15)19-24-17-11-4-2-7-13(17)20(25-19)26-21-14-8-5-10-16(23)18(14)27-28-21/h1-15H,(H2,30,31,32,33,34);1-10H,(H2,28,29,30,31,32);1-11H,26H2,(H2,27,28,29,30,31);1-11H,(H2,24,25,26,27,28). The Hall–Kier alpha value is -16.4. The van der Waals surface area contributed by atoms with E-state index in [1.54, 1.807) is 103 Å². The number of nitrogens with two attached hydrogens (primary N) is 1. The number of aromatic amines is 4. The molecule has 9 heterocycles. The lowest BCUT2D eigenvalue weighted by atomic mass is 10.1. The summed E-state index contributed by atoms with van der Waals surface area (Å²) in [6.07, 6.45) is -9.82. The summed E-state index contributed by atoms with van der Waals surface area (Å²) < 4.78 is 166. The van der Waals surface area contributed by atoms with Gasteiger partial charge in [-0.15, -0.1) is 0 Å². The highest BCUT2D eigenvalue weighted by molar-refractivity contribution is 6.33. The molecule has 0 spiro atoms. The molecule has 22 nitrogen and oxygen atoms in total. The molecule has 21 aromatic rings. The number of alkyl halides is 9. The topological polar surface area (TPSA) is 297 Å². The summed E-state index contributed by atoms with van der Waals surface area (Å²) in [4.78, 5) is 35.8. The van der Waals surface area contributed by atoms with E-state index in [0.29, 0.717) is 95.1 Å². The lowest BCUT2D eigenvalue weighted by Gasteiger charge is -2.14. The van der Waals surface area contributed by atoms with Crippen LogP contribution in [0.25, 0.3) is 138 Å². The fraction of sp³-hybridized carbons (Fsp3) is 0.0330. The van der Waals surface area contributed by atoms with Gasteiger partial charge in [0.2, 0.25) is 0 Å².